The predicted octanol–water partition coefficient (Wildman–Crippen LogP) is 2.75. The van der Waals surface area contributed by atoms with Crippen LogP contribution in [0.15, 0.2) is 29.2 Å². The van der Waals surface area contributed by atoms with E-state index >= 15 is 0 Å². The zero-order chi connectivity index (χ0) is 17.3. The van der Waals surface area contributed by atoms with E-state index in [4.69, 9.17) is 0 Å². The van der Waals surface area contributed by atoms with Gasteiger partial charge in [-0.25, -0.2) is 8.42 Å². The van der Waals surface area contributed by atoms with E-state index in [0.29, 0.717) is 22.8 Å². The fraction of sp³-hybridized carbons (Fsp3) is 0.500. The number of nitrogens with one attached hydrogen (secondary N) is 1. The van der Waals surface area contributed by atoms with Crippen LogP contribution < -0.4 is 5.32 Å². The van der Waals surface area contributed by atoms with Crippen molar-refractivity contribution in [2.24, 2.45) is 0 Å². The Morgan fingerprint density at radius 2 is 1.83 bits per heavy atom. The number of nitrogens with zero attached hydrogens (tertiary/aromatic N) is 1. The van der Waals surface area contributed by atoms with E-state index in [9.17, 15) is 26.4 Å². The molecule has 1 aromatic rings. The van der Waals surface area contributed by atoms with Gasteiger partial charge in [-0.15, -0.1) is 0 Å². The minimum absolute atomic E-state index is 0.219. The minimum Gasteiger partial charge on any atom is -0.326 e. The number of anilines is 1. The van der Waals surface area contributed by atoms with Gasteiger partial charge in [0.2, 0.25) is 15.9 Å². The van der Waals surface area contributed by atoms with E-state index in [0.717, 1.165) is 0 Å². The topological polar surface area (TPSA) is 66.5 Å². The highest BCUT2D eigenvalue weighted by Crippen LogP contribution is 2.34. The van der Waals surface area contributed by atoms with Crippen molar-refractivity contribution < 1.29 is 26.4 Å². The van der Waals surface area contributed by atoms with Crippen LogP contribution in [-0.2, 0) is 14.8 Å². The maximum absolute atomic E-state index is 12.6. The Morgan fingerprint density at radius 3 is 2.26 bits per heavy atom. The van der Waals surface area contributed by atoms with E-state index in [1.807, 2.05) is 0 Å². The number of sulfonamides is 1. The molecule has 1 amide bonds. The van der Waals surface area contributed by atoms with Crippen molar-refractivity contribution in [1.29, 1.82) is 0 Å². The summed E-state index contributed by atoms with van der Waals surface area (Å²) in [5, 5.41) is 2.55. The van der Waals surface area contributed by atoms with Gasteiger partial charge in [-0.3, -0.25) is 4.79 Å². The lowest BCUT2D eigenvalue weighted by Gasteiger charge is -2.23. The SMILES string of the molecule is CCC(=O)Nc1ccc(S(=O)(=O)N(CC(F)(F)F)C2CC2)cc1. The second-order valence-corrected chi connectivity index (χ2v) is 7.21. The summed E-state index contributed by atoms with van der Waals surface area (Å²) in [6, 6.07) is 4.53. The molecule has 0 unspecified atom stereocenters. The summed E-state index contributed by atoms with van der Waals surface area (Å²) in [6.07, 6.45) is -3.47. The number of halogens is 3. The highest BCUT2D eigenvalue weighted by Gasteiger charge is 2.44. The van der Waals surface area contributed by atoms with Gasteiger partial charge in [0.1, 0.15) is 6.54 Å². The average molecular weight is 350 g/mol. The average Bonchev–Trinajstić information content (AvgIpc) is 3.28. The molecule has 0 radical (unpaired) electrons. The first-order valence-electron chi connectivity index (χ1n) is 7.12. The van der Waals surface area contributed by atoms with Crippen molar-refractivity contribution in [3.8, 4) is 0 Å². The van der Waals surface area contributed by atoms with Crippen LogP contribution in [-0.4, -0.2) is 37.4 Å². The Kier molecular flexibility index (Phi) is 5.00. The van der Waals surface area contributed by atoms with Crippen LogP contribution in [0.3, 0.4) is 0 Å². The molecule has 1 N–H and O–H groups in total. The number of benzene rings is 1. The highest BCUT2D eigenvalue weighted by molar-refractivity contribution is 7.89. The van der Waals surface area contributed by atoms with Gasteiger partial charge in [-0.2, -0.15) is 17.5 Å². The summed E-state index contributed by atoms with van der Waals surface area (Å²) in [7, 11) is -4.22. The molecule has 0 bridgehead atoms. The first-order chi connectivity index (χ1) is 10.6. The number of alkyl halides is 3. The second-order valence-electron chi connectivity index (χ2n) is 5.32. The lowest BCUT2D eigenvalue weighted by molar-refractivity contribution is -0.137. The maximum atomic E-state index is 12.6. The normalized spacial score (nSPS) is 15.7. The number of hydrogen-bond acceptors (Lipinski definition) is 3. The van der Waals surface area contributed by atoms with Gasteiger partial charge >= 0.3 is 6.18 Å². The Balaban J connectivity index is 2.22. The zero-order valence-electron chi connectivity index (χ0n) is 12.4. The third kappa shape index (κ3) is 4.68. The number of carbonyl (C=O) groups excluding carboxylic acids is 1. The standard InChI is InChI=1S/C14H17F3N2O3S/c1-2-13(20)18-10-3-7-12(8-4-10)23(21,22)19(11-5-6-11)9-14(15,16)17/h3-4,7-8,11H,2,5-6,9H2,1H3,(H,18,20). The summed E-state index contributed by atoms with van der Waals surface area (Å²) in [4.78, 5) is 11.0. The molecule has 9 heteroatoms. The van der Waals surface area contributed by atoms with Crippen molar-refractivity contribution in [2.75, 3.05) is 11.9 Å². The largest absolute Gasteiger partial charge is 0.402 e. The molecule has 1 aliphatic rings. The molecule has 2 rings (SSSR count). The molecule has 1 aromatic carbocycles. The monoisotopic (exact) mass is 350 g/mol. The van der Waals surface area contributed by atoms with E-state index in [1.165, 1.54) is 24.3 Å². The molecule has 1 fully saturated rings. The summed E-state index contributed by atoms with van der Waals surface area (Å²) in [5.41, 5.74) is 0.393. The fourth-order valence-corrected chi connectivity index (χ4v) is 3.72. The van der Waals surface area contributed by atoms with Gasteiger partial charge in [-0.05, 0) is 37.1 Å². The number of hydrogen-bond donors (Lipinski definition) is 1. The molecule has 0 aromatic heterocycles. The predicted molar refractivity (Wildman–Crippen MR) is 78.3 cm³/mol. The van der Waals surface area contributed by atoms with Gasteiger partial charge in [0, 0.05) is 18.2 Å². The Morgan fingerprint density at radius 1 is 1.26 bits per heavy atom. The highest BCUT2D eigenvalue weighted by atomic mass is 32.2. The number of carbonyl (C=O) groups is 1. The van der Waals surface area contributed by atoms with Crippen molar-refractivity contribution in [3.63, 3.8) is 0 Å². The Bertz CT molecular complexity index is 668. The van der Waals surface area contributed by atoms with Crippen LogP contribution >= 0.6 is 0 Å². The number of rotatable bonds is 6. The molecule has 0 heterocycles. The molecule has 1 saturated carbocycles. The quantitative estimate of drug-likeness (QED) is 0.858. The Labute approximate surface area is 132 Å². The van der Waals surface area contributed by atoms with E-state index in [-0.39, 0.29) is 17.2 Å². The smallest absolute Gasteiger partial charge is 0.326 e. The molecular weight excluding hydrogens is 333 g/mol. The van der Waals surface area contributed by atoms with Gasteiger partial charge < -0.3 is 5.32 Å². The van der Waals surface area contributed by atoms with Crippen molar-refractivity contribution in [2.45, 2.75) is 43.3 Å². The van der Waals surface area contributed by atoms with Gasteiger partial charge in [0.15, 0.2) is 0 Å². The summed E-state index contributed by atoms with van der Waals surface area (Å²) >= 11 is 0. The molecule has 23 heavy (non-hydrogen) atoms. The summed E-state index contributed by atoms with van der Waals surface area (Å²) < 4.78 is 63.2. The van der Waals surface area contributed by atoms with E-state index < -0.39 is 28.8 Å². The molecular formula is C14H17F3N2O3S. The van der Waals surface area contributed by atoms with Crippen LogP contribution in [0.4, 0.5) is 18.9 Å². The molecule has 5 nitrogen and oxygen atoms in total. The van der Waals surface area contributed by atoms with Gasteiger partial charge in [0.05, 0.1) is 4.90 Å². The third-order valence-electron chi connectivity index (χ3n) is 3.36. The van der Waals surface area contributed by atoms with E-state index in [2.05, 4.69) is 5.32 Å². The molecule has 0 saturated heterocycles. The molecule has 0 aliphatic heterocycles. The molecule has 0 atom stereocenters. The zero-order valence-corrected chi connectivity index (χ0v) is 13.2. The first kappa shape index (κ1) is 17.7. The third-order valence-corrected chi connectivity index (χ3v) is 5.27. The lowest BCUT2D eigenvalue weighted by Crippen LogP contribution is -2.40. The van der Waals surface area contributed by atoms with Crippen LogP contribution in [0.25, 0.3) is 0 Å². The van der Waals surface area contributed by atoms with Gasteiger partial charge in [-0.1, -0.05) is 6.92 Å². The maximum Gasteiger partial charge on any atom is 0.402 e. The number of amides is 1. The van der Waals surface area contributed by atoms with E-state index in [1.54, 1.807) is 6.92 Å². The van der Waals surface area contributed by atoms with Gasteiger partial charge in [0.25, 0.3) is 0 Å². The fourth-order valence-electron chi connectivity index (χ4n) is 2.04. The molecule has 0 spiro atoms. The minimum atomic E-state index is -4.59. The summed E-state index contributed by atoms with van der Waals surface area (Å²) in [5.74, 6) is -0.239. The summed E-state index contributed by atoms with van der Waals surface area (Å²) in [6.45, 7) is 0.174. The second kappa shape index (κ2) is 6.48. The molecule has 1 aliphatic carbocycles. The Hall–Kier alpha value is -1.61. The lowest BCUT2D eigenvalue weighted by atomic mass is 10.3. The van der Waals surface area contributed by atoms with Crippen LogP contribution in [0.2, 0.25) is 0 Å². The van der Waals surface area contributed by atoms with Crippen molar-refractivity contribution in [3.05, 3.63) is 24.3 Å². The van der Waals surface area contributed by atoms with Crippen molar-refractivity contribution >= 4 is 21.6 Å². The first-order valence-corrected chi connectivity index (χ1v) is 8.56. The molecule has 128 valence electrons. The van der Waals surface area contributed by atoms with Crippen LogP contribution in [0.1, 0.15) is 26.2 Å². The van der Waals surface area contributed by atoms with Crippen molar-refractivity contribution in [1.82, 2.24) is 4.31 Å². The van der Waals surface area contributed by atoms with Crippen LogP contribution in [0.5, 0.6) is 0 Å². The van der Waals surface area contributed by atoms with Crippen LogP contribution in [0, 0.1) is 0 Å².